The van der Waals surface area contributed by atoms with Crippen molar-refractivity contribution in [3.8, 4) is 6.07 Å². The largest absolute Gasteiger partial charge is 0.349 e. The highest BCUT2D eigenvalue weighted by molar-refractivity contribution is 7.85. The zero-order chi connectivity index (χ0) is 27.8. The van der Waals surface area contributed by atoms with Gasteiger partial charge in [0.25, 0.3) is 10.1 Å². The second-order valence-electron chi connectivity index (χ2n) is 13.7. The first-order valence-corrected chi connectivity index (χ1v) is 16.3. The summed E-state index contributed by atoms with van der Waals surface area (Å²) in [5, 5.41) is 11.0. The van der Waals surface area contributed by atoms with E-state index < -0.39 is 27.2 Å². The third-order valence-electron chi connectivity index (χ3n) is 12.2. The van der Waals surface area contributed by atoms with Crippen molar-refractivity contribution in [3.63, 3.8) is 0 Å². The van der Waals surface area contributed by atoms with Gasteiger partial charge < -0.3 is 9.47 Å². The molecule has 0 aromatic heterocycles. The van der Waals surface area contributed by atoms with E-state index in [0.717, 1.165) is 37.2 Å². The van der Waals surface area contributed by atoms with Crippen LogP contribution in [-0.2, 0) is 25.0 Å². The van der Waals surface area contributed by atoms with Gasteiger partial charge in [0.05, 0.1) is 29.6 Å². The fraction of sp³-hybridized carbons (Fsp3) is 0.719. The molecule has 1 aromatic carbocycles. The maximum absolute atomic E-state index is 12.6. The lowest BCUT2D eigenvalue weighted by Gasteiger charge is -2.61. The van der Waals surface area contributed by atoms with Crippen molar-refractivity contribution in [1.29, 1.82) is 5.26 Å². The lowest BCUT2D eigenvalue weighted by molar-refractivity contribution is -0.141. The van der Waals surface area contributed by atoms with Crippen LogP contribution in [0.4, 0.5) is 0 Å². The monoisotopic (exact) mass is 553 g/mol. The Kier molecular flexibility index (Phi) is 6.43. The molecule has 3 fully saturated rings. The fourth-order valence-corrected chi connectivity index (χ4v) is 10.8. The first kappa shape index (κ1) is 27.4. The molecule has 212 valence electrons. The molecule has 1 N–H and O–H groups in total. The average Bonchev–Trinajstić information content (AvgIpc) is 3.56. The second kappa shape index (κ2) is 9.14. The highest BCUT2D eigenvalue weighted by Gasteiger charge is 2.65. The summed E-state index contributed by atoms with van der Waals surface area (Å²) in [4.78, 5) is -0.0930. The molecule has 6 atom stereocenters. The van der Waals surface area contributed by atoms with E-state index in [1.807, 2.05) is 13.0 Å². The van der Waals surface area contributed by atoms with E-state index in [2.05, 4.69) is 26.8 Å². The van der Waals surface area contributed by atoms with Crippen LogP contribution in [0.25, 0.3) is 0 Å². The molecule has 0 spiro atoms. The van der Waals surface area contributed by atoms with Gasteiger partial charge in [-0.1, -0.05) is 56.0 Å². The predicted molar refractivity (Wildman–Crippen MR) is 148 cm³/mol. The smallest absolute Gasteiger partial charge is 0.294 e. The van der Waals surface area contributed by atoms with Crippen molar-refractivity contribution in [2.75, 3.05) is 13.2 Å². The maximum atomic E-state index is 12.6. The molecule has 6 rings (SSSR count). The van der Waals surface area contributed by atoms with Crippen LogP contribution >= 0.6 is 0 Å². The number of rotatable bonds is 4. The van der Waals surface area contributed by atoms with E-state index in [9.17, 15) is 18.2 Å². The van der Waals surface area contributed by atoms with Crippen LogP contribution < -0.4 is 0 Å². The summed E-state index contributed by atoms with van der Waals surface area (Å²) in [6, 6.07) is 7.92. The molecule has 1 aromatic rings. The Morgan fingerprint density at radius 1 is 1.08 bits per heavy atom. The third-order valence-corrected chi connectivity index (χ3v) is 13.1. The second-order valence-corrected chi connectivity index (χ2v) is 15.0. The lowest BCUT2D eigenvalue weighted by Crippen LogP contribution is -2.57. The van der Waals surface area contributed by atoms with Gasteiger partial charge in [-0.15, -0.1) is 0 Å². The summed E-state index contributed by atoms with van der Waals surface area (Å²) in [5.74, 6) is 1.40. The molecule has 1 saturated heterocycles. The molecule has 1 heterocycles. The molecule has 2 saturated carbocycles. The number of fused-ring (bicyclic) bond motifs is 4. The summed E-state index contributed by atoms with van der Waals surface area (Å²) in [6.45, 7) is 9.97. The van der Waals surface area contributed by atoms with Gasteiger partial charge in [-0.25, -0.2) is 0 Å². The van der Waals surface area contributed by atoms with Crippen molar-refractivity contribution in [1.82, 2.24) is 0 Å². The first-order valence-electron chi connectivity index (χ1n) is 14.9. The molecule has 7 heteroatoms. The average molecular weight is 554 g/mol. The Balaban J connectivity index is 1.49. The number of aryl methyl sites for hydroxylation is 1. The van der Waals surface area contributed by atoms with E-state index in [4.69, 9.17) is 9.47 Å². The summed E-state index contributed by atoms with van der Waals surface area (Å²) < 4.78 is 47.8. The van der Waals surface area contributed by atoms with Crippen molar-refractivity contribution in [3.05, 3.63) is 40.5 Å². The molecule has 1 aliphatic heterocycles. The van der Waals surface area contributed by atoms with Crippen molar-refractivity contribution in [2.24, 2.45) is 28.1 Å². The zero-order valence-corrected chi connectivity index (χ0v) is 24.7. The minimum atomic E-state index is -4.49. The van der Waals surface area contributed by atoms with Crippen LogP contribution in [0.5, 0.6) is 0 Å². The van der Waals surface area contributed by atoms with Crippen LogP contribution in [0.2, 0.25) is 0 Å². The number of nitriles is 1. The predicted octanol–water partition coefficient (Wildman–Crippen LogP) is 6.88. The summed E-state index contributed by atoms with van der Waals surface area (Å²) in [5.41, 5.74) is 3.18. The normalized spacial score (nSPS) is 40.6. The van der Waals surface area contributed by atoms with Crippen molar-refractivity contribution < 1.29 is 22.4 Å². The van der Waals surface area contributed by atoms with Crippen LogP contribution in [0, 0.1) is 46.3 Å². The van der Waals surface area contributed by atoms with Crippen LogP contribution in [0.1, 0.15) is 96.1 Å². The Labute approximate surface area is 233 Å². The minimum Gasteiger partial charge on any atom is -0.349 e. The summed E-state index contributed by atoms with van der Waals surface area (Å²) >= 11 is 0. The molecule has 0 bridgehead atoms. The third kappa shape index (κ3) is 3.77. The van der Waals surface area contributed by atoms with Gasteiger partial charge in [0.15, 0.2) is 6.29 Å². The molecule has 1 unspecified atom stereocenters. The summed E-state index contributed by atoms with van der Waals surface area (Å²) in [7, 11) is -4.49. The SMILES string of the molecule is CC[C@H]1CC[C@H]2C3=C(CC[C@]12C)[C@@]1(C)CCC(c2cc(C)ccc2S(=O)(=O)O)(C2OCCO2)C[C@]1(C#N)CC3. The minimum absolute atomic E-state index is 0.0930. The maximum Gasteiger partial charge on any atom is 0.294 e. The van der Waals surface area contributed by atoms with Crippen molar-refractivity contribution >= 4 is 10.1 Å². The first-order chi connectivity index (χ1) is 18.4. The number of hydrogen-bond donors (Lipinski definition) is 1. The standard InChI is InChI=1S/C32H43NO5S/c1-5-22-7-8-24-23-10-13-31(20-33)19-32(28-37-16-17-38-28,26-18-21(2)6-9-27(26)39(34,35)36)15-14-30(31,4)25(23)11-12-29(22,24)3/h6,9,18,22,24,28H,5,7-8,10-17,19H2,1-4H3,(H,34,35,36)/t22-,24-,29+,30+,31-,32?/m0/s1. The van der Waals surface area contributed by atoms with Gasteiger partial charge in [-0.3, -0.25) is 4.55 Å². The highest BCUT2D eigenvalue weighted by atomic mass is 32.2. The van der Waals surface area contributed by atoms with Gasteiger partial charge in [0, 0.05) is 10.8 Å². The Morgan fingerprint density at radius 2 is 1.82 bits per heavy atom. The van der Waals surface area contributed by atoms with Crippen molar-refractivity contribution in [2.45, 2.75) is 109 Å². The Bertz CT molecular complexity index is 1360. The highest BCUT2D eigenvalue weighted by Crippen LogP contribution is 2.71. The molecule has 6 nitrogen and oxygen atoms in total. The van der Waals surface area contributed by atoms with Gasteiger partial charge in [-0.05, 0) is 93.6 Å². The van der Waals surface area contributed by atoms with E-state index in [1.54, 1.807) is 11.6 Å². The number of nitrogens with zero attached hydrogens (tertiary/aromatic N) is 1. The fourth-order valence-electron chi connectivity index (χ4n) is 10.1. The zero-order valence-electron chi connectivity index (χ0n) is 23.9. The lowest BCUT2D eigenvalue weighted by atomic mass is 9.42. The Morgan fingerprint density at radius 3 is 2.49 bits per heavy atom. The van der Waals surface area contributed by atoms with E-state index in [0.29, 0.717) is 43.0 Å². The van der Waals surface area contributed by atoms with Crippen LogP contribution in [0.15, 0.2) is 34.2 Å². The molecule has 4 aliphatic carbocycles. The molecule has 0 amide bonds. The number of allylic oxidation sites excluding steroid dienone is 2. The van der Waals surface area contributed by atoms with Gasteiger partial charge >= 0.3 is 0 Å². The van der Waals surface area contributed by atoms with Crippen LogP contribution in [-0.4, -0.2) is 32.5 Å². The van der Waals surface area contributed by atoms with E-state index in [-0.39, 0.29) is 10.3 Å². The number of benzene rings is 1. The summed E-state index contributed by atoms with van der Waals surface area (Å²) in [6.07, 6.45) is 8.98. The molecule has 39 heavy (non-hydrogen) atoms. The number of ether oxygens (including phenoxy) is 2. The topological polar surface area (TPSA) is 96.6 Å². The van der Waals surface area contributed by atoms with Gasteiger partial charge in [0.1, 0.15) is 0 Å². The molecule has 0 radical (unpaired) electrons. The Hall–Kier alpha value is -1.72. The molecular weight excluding hydrogens is 510 g/mol. The van der Waals surface area contributed by atoms with E-state index in [1.165, 1.54) is 37.3 Å². The number of hydrogen-bond acceptors (Lipinski definition) is 5. The van der Waals surface area contributed by atoms with Crippen LogP contribution in [0.3, 0.4) is 0 Å². The quantitative estimate of drug-likeness (QED) is 0.322. The van der Waals surface area contributed by atoms with Gasteiger partial charge in [-0.2, -0.15) is 13.7 Å². The van der Waals surface area contributed by atoms with E-state index >= 15 is 0 Å². The molecule has 5 aliphatic rings. The molecular formula is C32H43NO5S. The van der Waals surface area contributed by atoms with Gasteiger partial charge in [0.2, 0.25) is 0 Å².